The highest BCUT2D eigenvalue weighted by atomic mass is 28.3. The molecule has 0 radical (unpaired) electrons. The minimum atomic E-state index is -1.45. The number of rotatable bonds is 2. The van der Waals surface area contributed by atoms with Crippen LogP contribution in [0.3, 0.4) is 0 Å². The van der Waals surface area contributed by atoms with Crippen LogP contribution >= 0.6 is 0 Å². The van der Waals surface area contributed by atoms with Crippen LogP contribution in [0.2, 0.25) is 13.1 Å². The van der Waals surface area contributed by atoms with Crippen LogP contribution in [0.25, 0.3) is 0 Å². The summed E-state index contributed by atoms with van der Waals surface area (Å²) in [6.07, 6.45) is 3.55. The minimum absolute atomic E-state index is 1.17. The van der Waals surface area contributed by atoms with E-state index in [1.54, 1.807) is 16.0 Å². The first-order valence-electron chi connectivity index (χ1n) is 6.37. The molecule has 0 aliphatic heterocycles. The normalized spacial score (nSPS) is 16.4. The van der Waals surface area contributed by atoms with Crippen molar-refractivity contribution in [2.75, 3.05) is 0 Å². The zero-order valence-electron chi connectivity index (χ0n) is 11.6. The molecule has 1 aliphatic rings. The Kier molecular flexibility index (Phi) is 3.13. The molecule has 0 atom stereocenters. The second kappa shape index (κ2) is 4.30. The van der Waals surface area contributed by atoms with E-state index in [4.69, 9.17) is 0 Å². The fraction of sp³-hybridized carbons (Fsp3) is 0.375. The molecule has 0 N–H and O–H groups in total. The zero-order valence-corrected chi connectivity index (χ0v) is 12.6. The lowest BCUT2D eigenvalue weighted by atomic mass is 10.2. The van der Waals surface area contributed by atoms with Gasteiger partial charge in [-0.15, -0.1) is 0 Å². The van der Waals surface area contributed by atoms with Crippen LogP contribution in [0.5, 0.6) is 0 Å². The van der Waals surface area contributed by atoms with Gasteiger partial charge in [0, 0.05) is 0 Å². The second-order valence-corrected chi connectivity index (χ2v) is 10.1. The lowest BCUT2D eigenvalue weighted by Crippen LogP contribution is -2.43. The average molecular weight is 242 g/mol. The maximum atomic E-state index is 2.48. The van der Waals surface area contributed by atoms with Gasteiger partial charge in [0.15, 0.2) is 0 Å². The fourth-order valence-corrected chi connectivity index (χ4v) is 5.76. The van der Waals surface area contributed by atoms with Crippen LogP contribution in [0, 0.1) is 6.92 Å². The molecule has 0 aromatic heterocycles. The van der Waals surface area contributed by atoms with Crippen molar-refractivity contribution >= 4 is 13.3 Å². The number of hydrogen-bond donors (Lipinski definition) is 0. The molecule has 0 amide bonds. The predicted molar refractivity (Wildman–Crippen MR) is 79.4 cm³/mol. The molecule has 2 rings (SSSR count). The van der Waals surface area contributed by atoms with Gasteiger partial charge in [0.25, 0.3) is 0 Å². The summed E-state index contributed by atoms with van der Waals surface area (Å²) in [6.45, 7) is 11.6. The first kappa shape index (κ1) is 12.4. The van der Waals surface area contributed by atoms with E-state index in [2.05, 4.69) is 64.2 Å². The van der Waals surface area contributed by atoms with Gasteiger partial charge in [-0.05, 0) is 27.2 Å². The summed E-state index contributed by atoms with van der Waals surface area (Å²) in [6, 6.07) is 9.15. The van der Waals surface area contributed by atoms with Gasteiger partial charge in [-0.25, -0.2) is 0 Å². The maximum absolute atomic E-state index is 2.48. The summed E-state index contributed by atoms with van der Waals surface area (Å²) in [7, 11) is -1.45. The molecule has 0 spiro atoms. The first-order valence-corrected chi connectivity index (χ1v) is 9.37. The molecule has 1 aromatic rings. The van der Waals surface area contributed by atoms with E-state index in [1.807, 2.05) is 0 Å². The molecule has 0 nitrogen and oxygen atoms in total. The van der Waals surface area contributed by atoms with Crippen molar-refractivity contribution in [3.63, 3.8) is 0 Å². The summed E-state index contributed by atoms with van der Waals surface area (Å²) in [4.78, 5) is 0. The predicted octanol–water partition coefficient (Wildman–Crippen LogP) is 4.12. The third-order valence-electron chi connectivity index (χ3n) is 4.18. The van der Waals surface area contributed by atoms with Crippen molar-refractivity contribution in [1.82, 2.24) is 0 Å². The van der Waals surface area contributed by atoms with Gasteiger partial charge >= 0.3 is 0 Å². The van der Waals surface area contributed by atoms with Gasteiger partial charge in [-0.3, -0.25) is 0 Å². The van der Waals surface area contributed by atoms with Gasteiger partial charge in [-0.1, -0.05) is 70.5 Å². The van der Waals surface area contributed by atoms with Gasteiger partial charge in [0.05, 0.1) is 0 Å². The molecule has 0 bridgehead atoms. The Morgan fingerprint density at radius 3 is 2.00 bits per heavy atom. The molecule has 0 unspecified atom stereocenters. The van der Waals surface area contributed by atoms with Crippen LogP contribution in [0.1, 0.15) is 25.8 Å². The molecule has 17 heavy (non-hydrogen) atoms. The van der Waals surface area contributed by atoms with Crippen molar-refractivity contribution in [2.45, 2.75) is 40.3 Å². The fourth-order valence-electron chi connectivity index (χ4n) is 2.67. The lowest BCUT2D eigenvalue weighted by Gasteiger charge is -2.26. The highest BCUT2D eigenvalue weighted by Gasteiger charge is 2.31. The average Bonchev–Trinajstić information content (AvgIpc) is 2.61. The Bertz CT molecular complexity index is 487. The number of benzene rings is 1. The third-order valence-corrected chi connectivity index (χ3v) is 8.05. The standard InChI is InChI=1S/C16H22Si/c1-12-6-9-15(10-7-12)17(4,5)16-11-8-13(2)14(16)3/h6-10H,11H2,1-5H3. The Balaban J connectivity index is 2.41. The van der Waals surface area contributed by atoms with Crippen LogP contribution < -0.4 is 5.19 Å². The van der Waals surface area contributed by atoms with E-state index in [9.17, 15) is 0 Å². The molecule has 0 saturated carbocycles. The SMILES string of the molecule is CC1=CCC([Si](C)(C)c2ccc(C)cc2)=C1C. The highest BCUT2D eigenvalue weighted by molar-refractivity contribution is 6.95. The van der Waals surface area contributed by atoms with Gasteiger partial charge in [-0.2, -0.15) is 0 Å². The van der Waals surface area contributed by atoms with Crippen molar-refractivity contribution in [1.29, 1.82) is 0 Å². The summed E-state index contributed by atoms with van der Waals surface area (Å²) in [5.41, 5.74) is 4.37. The van der Waals surface area contributed by atoms with Crippen LogP contribution in [-0.4, -0.2) is 8.07 Å². The zero-order chi connectivity index (χ0) is 12.6. The molecular weight excluding hydrogens is 220 g/mol. The lowest BCUT2D eigenvalue weighted by molar-refractivity contribution is 1.32. The van der Waals surface area contributed by atoms with Crippen molar-refractivity contribution in [3.05, 3.63) is 52.2 Å². The Morgan fingerprint density at radius 2 is 1.53 bits per heavy atom. The maximum Gasteiger partial charge on any atom is 0.108 e. The van der Waals surface area contributed by atoms with Gasteiger partial charge < -0.3 is 0 Å². The van der Waals surface area contributed by atoms with E-state index in [-0.39, 0.29) is 0 Å². The number of aryl methyl sites for hydroxylation is 1. The largest absolute Gasteiger partial charge is 0.108 e. The molecular formula is C16H22Si. The van der Waals surface area contributed by atoms with Crippen LogP contribution in [-0.2, 0) is 0 Å². The van der Waals surface area contributed by atoms with Crippen molar-refractivity contribution in [2.24, 2.45) is 0 Å². The Labute approximate surface area is 106 Å². The quantitative estimate of drug-likeness (QED) is 0.685. The minimum Gasteiger partial charge on any atom is -0.0776 e. The summed E-state index contributed by atoms with van der Waals surface area (Å²) in [5.74, 6) is 0. The Hall–Kier alpha value is -1.08. The smallest absolute Gasteiger partial charge is 0.0776 e. The van der Waals surface area contributed by atoms with E-state index < -0.39 is 8.07 Å². The number of hydrogen-bond acceptors (Lipinski definition) is 0. The van der Waals surface area contributed by atoms with E-state index >= 15 is 0 Å². The van der Waals surface area contributed by atoms with Crippen LogP contribution in [0.4, 0.5) is 0 Å². The summed E-state index contributed by atoms with van der Waals surface area (Å²) >= 11 is 0. The van der Waals surface area contributed by atoms with Gasteiger partial charge in [0.1, 0.15) is 8.07 Å². The molecule has 1 aromatic carbocycles. The monoisotopic (exact) mass is 242 g/mol. The van der Waals surface area contributed by atoms with Crippen molar-refractivity contribution in [3.8, 4) is 0 Å². The molecule has 1 aliphatic carbocycles. The molecule has 0 fully saturated rings. The number of allylic oxidation sites excluding steroid dienone is 4. The summed E-state index contributed by atoms with van der Waals surface area (Å²) < 4.78 is 0. The van der Waals surface area contributed by atoms with E-state index in [0.717, 1.165) is 0 Å². The second-order valence-electron chi connectivity index (χ2n) is 5.69. The summed E-state index contributed by atoms with van der Waals surface area (Å²) in [5, 5.41) is 3.26. The van der Waals surface area contributed by atoms with Crippen LogP contribution in [0.15, 0.2) is 46.7 Å². The molecule has 0 saturated heterocycles. The highest BCUT2D eigenvalue weighted by Crippen LogP contribution is 2.32. The molecule has 0 heterocycles. The topological polar surface area (TPSA) is 0 Å². The van der Waals surface area contributed by atoms with E-state index in [1.165, 1.54) is 17.6 Å². The van der Waals surface area contributed by atoms with Crippen molar-refractivity contribution < 1.29 is 0 Å². The van der Waals surface area contributed by atoms with Gasteiger partial charge in [0.2, 0.25) is 0 Å². The molecule has 1 heteroatoms. The third kappa shape index (κ3) is 2.16. The molecule has 90 valence electrons. The first-order chi connectivity index (χ1) is 7.93. The van der Waals surface area contributed by atoms with E-state index in [0.29, 0.717) is 0 Å². The Morgan fingerprint density at radius 1 is 0.941 bits per heavy atom.